The van der Waals surface area contributed by atoms with Crippen molar-refractivity contribution in [2.24, 2.45) is 0 Å². The Morgan fingerprint density at radius 1 is 0.750 bits per heavy atom. The van der Waals surface area contributed by atoms with Gasteiger partial charge in [0.2, 0.25) is 0 Å². The van der Waals surface area contributed by atoms with Crippen LogP contribution in [0, 0.1) is 0 Å². The fourth-order valence-corrected chi connectivity index (χ4v) is 3.50. The number of carbonyl (C=O) groups excluding carboxylic acids is 2. The first kappa shape index (κ1) is 26.4. The second-order valence-electron chi connectivity index (χ2n) is 6.96. The maximum Gasteiger partial charge on any atom is 0.260 e. The summed E-state index contributed by atoms with van der Waals surface area (Å²) < 4.78 is 11.1. The van der Waals surface area contributed by atoms with Crippen molar-refractivity contribution in [3.63, 3.8) is 0 Å². The molecule has 2 aromatic rings. The zero-order valence-electron chi connectivity index (χ0n) is 17.6. The van der Waals surface area contributed by atoms with E-state index >= 15 is 0 Å². The first-order chi connectivity index (χ1) is 15.2. The average Bonchev–Trinajstić information content (AvgIpc) is 2.74. The van der Waals surface area contributed by atoms with Crippen LogP contribution in [0.4, 0.5) is 0 Å². The zero-order valence-corrected chi connectivity index (χ0v) is 20.6. The number of rotatable bonds is 11. The third-order valence-electron chi connectivity index (χ3n) is 4.34. The van der Waals surface area contributed by atoms with Crippen LogP contribution in [0.5, 0.6) is 11.5 Å². The van der Waals surface area contributed by atoms with Crippen LogP contribution in [-0.2, 0) is 9.59 Å². The molecule has 0 aliphatic rings. The van der Waals surface area contributed by atoms with Crippen LogP contribution >= 0.6 is 46.4 Å². The van der Waals surface area contributed by atoms with Crippen molar-refractivity contribution in [2.75, 3.05) is 13.1 Å². The number of halogens is 4. The van der Waals surface area contributed by atoms with Crippen molar-refractivity contribution < 1.29 is 19.1 Å². The van der Waals surface area contributed by atoms with E-state index in [1.807, 2.05) is 0 Å². The van der Waals surface area contributed by atoms with E-state index in [2.05, 4.69) is 10.6 Å². The van der Waals surface area contributed by atoms with Crippen LogP contribution in [0.3, 0.4) is 0 Å². The summed E-state index contributed by atoms with van der Waals surface area (Å²) in [6.07, 6.45) is -0.0747. The molecule has 0 aliphatic heterocycles. The Bertz CT molecular complexity index is 867. The molecule has 10 heteroatoms. The monoisotopic (exact) mass is 520 g/mol. The van der Waals surface area contributed by atoms with Crippen molar-refractivity contribution >= 4 is 58.2 Å². The fourth-order valence-electron chi connectivity index (χ4n) is 2.59. The fraction of sp³-hybridized carbons (Fsp3) is 0.364. The molecule has 32 heavy (non-hydrogen) atoms. The standard InChI is InChI=1S/C22H24Cl4N2O4/c1-13(31-19-7-5-15(23)11-17(19)25)21(29)27-9-3-4-10-28-22(30)14(2)32-20-8-6-16(24)12-18(20)26/h5-8,11-14H,3-4,9-10H2,1-2H3,(H,27,29)(H,28,30). The zero-order chi connectivity index (χ0) is 23.7. The van der Waals surface area contributed by atoms with E-state index < -0.39 is 12.2 Å². The lowest BCUT2D eigenvalue weighted by Crippen LogP contribution is -2.38. The summed E-state index contributed by atoms with van der Waals surface area (Å²) in [6, 6.07) is 9.60. The van der Waals surface area contributed by atoms with E-state index in [4.69, 9.17) is 55.9 Å². The molecule has 2 atom stereocenters. The number of hydrogen-bond acceptors (Lipinski definition) is 4. The first-order valence-corrected chi connectivity index (χ1v) is 11.5. The molecule has 0 fully saturated rings. The van der Waals surface area contributed by atoms with Crippen LogP contribution in [-0.4, -0.2) is 37.1 Å². The molecule has 0 saturated heterocycles. The van der Waals surface area contributed by atoms with E-state index in [9.17, 15) is 9.59 Å². The number of amides is 2. The number of benzene rings is 2. The average molecular weight is 522 g/mol. The van der Waals surface area contributed by atoms with Gasteiger partial charge in [-0.05, 0) is 63.1 Å². The van der Waals surface area contributed by atoms with Crippen LogP contribution < -0.4 is 20.1 Å². The Balaban J connectivity index is 1.62. The van der Waals surface area contributed by atoms with E-state index in [1.165, 1.54) is 0 Å². The Kier molecular flexibility index (Phi) is 10.7. The van der Waals surface area contributed by atoms with Crippen molar-refractivity contribution in [1.29, 1.82) is 0 Å². The van der Waals surface area contributed by atoms with Crippen molar-refractivity contribution in [2.45, 2.75) is 38.9 Å². The minimum atomic E-state index is -0.717. The number of carbonyl (C=O) groups is 2. The smallest absolute Gasteiger partial charge is 0.260 e. The van der Waals surface area contributed by atoms with Crippen LogP contribution in [0.15, 0.2) is 36.4 Å². The lowest BCUT2D eigenvalue weighted by Gasteiger charge is -2.16. The SMILES string of the molecule is CC(Oc1ccc(Cl)cc1Cl)C(=O)NCCCCNC(=O)C(C)Oc1ccc(Cl)cc1Cl. The van der Waals surface area contributed by atoms with Gasteiger partial charge in [-0.25, -0.2) is 0 Å². The van der Waals surface area contributed by atoms with Gasteiger partial charge in [0.25, 0.3) is 11.8 Å². The predicted octanol–water partition coefficient (Wildman–Crippen LogP) is 5.55. The molecule has 174 valence electrons. The minimum Gasteiger partial charge on any atom is -0.479 e. The molecule has 0 aliphatic carbocycles. The van der Waals surface area contributed by atoms with Gasteiger partial charge in [0.05, 0.1) is 10.0 Å². The molecule has 2 unspecified atom stereocenters. The van der Waals surface area contributed by atoms with Gasteiger partial charge in [0.15, 0.2) is 12.2 Å². The van der Waals surface area contributed by atoms with Gasteiger partial charge in [-0.1, -0.05) is 46.4 Å². The van der Waals surface area contributed by atoms with Gasteiger partial charge in [0, 0.05) is 23.1 Å². The quantitative estimate of drug-likeness (QED) is 0.380. The third-order valence-corrected chi connectivity index (χ3v) is 5.40. The largest absolute Gasteiger partial charge is 0.479 e. The predicted molar refractivity (Wildman–Crippen MR) is 128 cm³/mol. The summed E-state index contributed by atoms with van der Waals surface area (Å²) in [5, 5.41) is 7.23. The Morgan fingerprint density at radius 3 is 1.47 bits per heavy atom. The topological polar surface area (TPSA) is 76.7 Å². The van der Waals surface area contributed by atoms with E-state index in [-0.39, 0.29) is 11.8 Å². The van der Waals surface area contributed by atoms with Gasteiger partial charge >= 0.3 is 0 Å². The minimum absolute atomic E-state index is 0.262. The molecule has 6 nitrogen and oxygen atoms in total. The molecule has 2 amide bonds. The van der Waals surface area contributed by atoms with Gasteiger partial charge in [-0.15, -0.1) is 0 Å². The summed E-state index contributed by atoms with van der Waals surface area (Å²) in [6.45, 7) is 4.16. The van der Waals surface area contributed by atoms with E-state index in [1.54, 1.807) is 50.2 Å². The van der Waals surface area contributed by atoms with Crippen molar-refractivity contribution in [1.82, 2.24) is 10.6 Å². The number of hydrogen-bond donors (Lipinski definition) is 2. The molecule has 0 radical (unpaired) electrons. The van der Waals surface area contributed by atoms with Crippen LogP contribution in [0.25, 0.3) is 0 Å². The molecule has 0 aromatic heterocycles. The highest BCUT2D eigenvalue weighted by Crippen LogP contribution is 2.29. The van der Waals surface area contributed by atoms with Crippen molar-refractivity contribution in [3.8, 4) is 11.5 Å². The number of unbranched alkanes of at least 4 members (excludes halogenated alkanes) is 1. The third kappa shape index (κ3) is 8.58. The highest BCUT2D eigenvalue weighted by molar-refractivity contribution is 6.36. The van der Waals surface area contributed by atoms with Crippen LogP contribution in [0.1, 0.15) is 26.7 Å². The molecule has 0 heterocycles. The highest BCUT2D eigenvalue weighted by atomic mass is 35.5. The number of ether oxygens (including phenoxy) is 2. The molecule has 2 rings (SSSR count). The molecule has 0 spiro atoms. The Labute approximate surface area is 207 Å². The molecule has 2 N–H and O–H groups in total. The summed E-state index contributed by atoms with van der Waals surface area (Å²) in [5.41, 5.74) is 0. The number of nitrogens with one attached hydrogen (secondary N) is 2. The van der Waals surface area contributed by atoms with E-state index in [0.717, 1.165) is 0 Å². The molecule has 0 bridgehead atoms. The van der Waals surface area contributed by atoms with Gasteiger partial charge in [-0.2, -0.15) is 0 Å². The molecular weight excluding hydrogens is 498 g/mol. The second kappa shape index (κ2) is 13.0. The summed E-state index contributed by atoms with van der Waals surface area (Å²) in [4.78, 5) is 24.3. The Morgan fingerprint density at radius 2 is 1.12 bits per heavy atom. The maximum atomic E-state index is 12.2. The summed E-state index contributed by atoms with van der Waals surface area (Å²) in [7, 11) is 0. The van der Waals surface area contributed by atoms with E-state index in [0.29, 0.717) is 57.5 Å². The molecule has 2 aromatic carbocycles. The lowest BCUT2D eigenvalue weighted by molar-refractivity contribution is -0.128. The Hall–Kier alpha value is -1.86. The van der Waals surface area contributed by atoms with Crippen molar-refractivity contribution in [3.05, 3.63) is 56.5 Å². The van der Waals surface area contributed by atoms with Gasteiger partial charge in [-0.3, -0.25) is 9.59 Å². The van der Waals surface area contributed by atoms with Gasteiger partial charge < -0.3 is 20.1 Å². The lowest BCUT2D eigenvalue weighted by atomic mass is 10.2. The summed E-state index contributed by atoms with van der Waals surface area (Å²) in [5.74, 6) is 0.249. The van der Waals surface area contributed by atoms with Gasteiger partial charge in [0.1, 0.15) is 11.5 Å². The molecular formula is C22H24Cl4N2O4. The molecule has 0 saturated carbocycles. The maximum absolute atomic E-state index is 12.2. The highest BCUT2D eigenvalue weighted by Gasteiger charge is 2.17. The second-order valence-corrected chi connectivity index (χ2v) is 8.65. The summed E-state index contributed by atoms with van der Waals surface area (Å²) >= 11 is 23.8. The van der Waals surface area contributed by atoms with Crippen LogP contribution in [0.2, 0.25) is 20.1 Å². The first-order valence-electron chi connectivity index (χ1n) is 9.96. The normalized spacial score (nSPS) is 12.6.